The van der Waals surface area contributed by atoms with Crippen molar-refractivity contribution in [2.75, 3.05) is 18.5 Å². The minimum atomic E-state index is -1.17. The highest BCUT2D eigenvalue weighted by Crippen LogP contribution is 2.38. The molecule has 24 heavy (non-hydrogen) atoms. The van der Waals surface area contributed by atoms with E-state index in [1.54, 1.807) is 0 Å². The zero-order valence-corrected chi connectivity index (χ0v) is 13.7. The Bertz CT molecular complexity index is 814. The molecule has 0 aliphatic carbocycles. The van der Waals surface area contributed by atoms with E-state index < -0.39 is 17.5 Å². The Hall–Kier alpha value is -2.05. The number of carbonyl (C=O) groups is 1. The molecule has 3 rings (SSSR count). The average Bonchev–Trinajstić information content (AvgIpc) is 2.76. The lowest BCUT2D eigenvalue weighted by molar-refractivity contribution is 0.102. The fraction of sp³-hybridized carbons (Fsp3) is 0.188. The van der Waals surface area contributed by atoms with Gasteiger partial charge in [-0.1, -0.05) is 23.2 Å². The number of hydrogen-bond acceptors (Lipinski definition) is 3. The summed E-state index contributed by atoms with van der Waals surface area (Å²) in [6.07, 6.45) is 0.721. The minimum Gasteiger partial charge on any atom is -0.490 e. The van der Waals surface area contributed by atoms with Gasteiger partial charge in [-0.3, -0.25) is 4.79 Å². The summed E-state index contributed by atoms with van der Waals surface area (Å²) in [5.74, 6) is -2.13. The summed E-state index contributed by atoms with van der Waals surface area (Å²) in [5.41, 5.74) is 0.0328. The second-order valence-corrected chi connectivity index (χ2v) is 5.84. The molecule has 0 saturated carbocycles. The van der Waals surface area contributed by atoms with Gasteiger partial charge in [0.1, 0.15) is 0 Å². The van der Waals surface area contributed by atoms with Gasteiger partial charge >= 0.3 is 0 Å². The van der Waals surface area contributed by atoms with Crippen LogP contribution in [0.4, 0.5) is 14.5 Å². The molecule has 4 nitrogen and oxygen atoms in total. The number of carbonyl (C=O) groups excluding carboxylic acids is 1. The summed E-state index contributed by atoms with van der Waals surface area (Å²) in [7, 11) is 0. The molecule has 2 aromatic rings. The molecule has 0 unspecified atom stereocenters. The number of hydrogen-bond donors (Lipinski definition) is 1. The van der Waals surface area contributed by atoms with Crippen LogP contribution in [0.1, 0.15) is 16.8 Å². The van der Waals surface area contributed by atoms with Crippen LogP contribution in [0.2, 0.25) is 10.0 Å². The number of nitrogens with one attached hydrogen (secondary N) is 1. The number of amides is 1. The van der Waals surface area contributed by atoms with E-state index in [1.165, 1.54) is 12.1 Å². The zero-order chi connectivity index (χ0) is 17.3. The van der Waals surface area contributed by atoms with Crippen molar-refractivity contribution in [3.63, 3.8) is 0 Å². The summed E-state index contributed by atoms with van der Waals surface area (Å²) < 4.78 is 37.4. The van der Waals surface area contributed by atoms with Gasteiger partial charge < -0.3 is 14.8 Å². The Labute approximate surface area is 146 Å². The number of halogens is 4. The molecule has 1 aliphatic rings. The molecule has 1 N–H and O–H groups in total. The zero-order valence-electron chi connectivity index (χ0n) is 12.2. The van der Waals surface area contributed by atoms with Crippen LogP contribution in [0.25, 0.3) is 0 Å². The number of ether oxygens (including phenoxy) is 2. The van der Waals surface area contributed by atoms with E-state index in [4.69, 9.17) is 32.7 Å². The molecule has 1 aliphatic heterocycles. The molecular formula is C16H11Cl2F2NO3. The lowest BCUT2D eigenvalue weighted by Gasteiger charge is -2.13. The van der Waals surface area contributed by atoms with Gasteiger partial charge in [0.2, 0.25) is 0 Å². The van der Waals surface area contributed by atoms with E-state index in [9.17, 15) is 13.6 Å². The molecule has 0 saturated heterocycles. The Kier molecular flexibility index (Phi) is 4.78. The first-order chi connectivity index (χ1) is 11.5. The lowest BCUT2D eigenvalue weighted by atomic mass is 10.2. The van der Waals surface area contributed by atoms with Crippen LogP contribution in [0.3, 0.4) is 0 Å². The first kappa shape index (κ1) is 16.8. The molecule has 0 spiro atoms. The van der Waals surface area contributed by atoms with Gasteiger partial charge in [-0.2, -0.15) is 0 Å². The lowest BCUT2D eigenvalue weighted by Crippen LogP contribution is -2.14. The third-order valence-electron chi connectivity index (χ3n) is 3.34. The molecule has 1 amide bonds. The summed E-state index contributed by atoms with van der Waals surface area (Å²) in [6.45, 7) is 0.969. The number of anilines is 1. The van der Waals surface area contributed by atoms with Gasteiger partial charge in [0.15, 0.2) is 23.1 Å². The molecule has 8 heteroatoms. The van der Waals surface area contributed by atoms with Gasteiger partial charge in [0.05, 0.1) is 34.5 Å². The fourth-order valence-electron chi connectivity index (χ4n) is 2.17. The van der Waals surface area contributed by atoms with Crippen LogP contribution in [-0.2, 0) is 0 Å². The van der Waals surface area contributed by atoms with Gasteiger partial charge in [-0.05, 0) is 12.1 Å². The van der Waals surface area contributed by atoms with Gasteiger partial charge in [-0.25, -0.2) is 8.78 Å². The molecule has 126 valence electrons. The summed E-state index contributed by atoms with van der Waals surface area (Å²) >= 11 is 11.9. The predicted molar refractivity (Wildman–Crippen MR) is 86.4 cm³/mol. The largest absolute Gasteiger partial charge is 0.490 e. The smallest absolute Gasteiger partial charge is 0.257 e. The van der Waals surface area contributed by atoms with E-state index in [-0.39, 0.29) is 21.3 Å². The fourth-order valence-corrected chi connectivity index (χ4v) is 2.60. The van der Waals surface area contributed by atoms with Crippen molar-refractivity contribution in [3.8, 4) is 11.5 Å². The topological polar surface area (TPSA) is 47.6 Å². The second kappa shape index (κ2) is 6.83. The van der Waals surface area contributed by atoms with Crippen LogP contribution in [0.15, 0.2) is 24.3 Å². The standard InChI is InChI=1S/C16H11Cl2F2NO3/c17-9-5-12(20)11(19)4-8(9)16(22)21-13-7-15-14(6-10(13)18)23-2-1-3-24-15/h4-7H,1-3H2,(H,21,22). The summed E-state index contributed by atoms with van der Waals surface area (Å²) in [6, 6.07) is 4.49. The van der Waals surface area contributed by atoms with Crippen LogP contribution in [0, 0.1) is 11.6 Å². The summed E-state index contributed by atoms with van der Waals surface area (Å²) in [4.78, 5) is 12.3. The van der Waals surface area contributed by atoms with E-state index in [0.717, 1.165) is 18.6 Å². The maximum Gasteiger partial charge on any atom is 0.257 e. The van der Waals surface area contributed by atoms with Crippen LogP contribution < -0.4 is 14.8 Å². The van der Waals surface area contributed by atoms with Crippen LogP contribution >= 0.6 is 23.2 Å². The number of rotatable bonds is 2. The van der Waals surface area contributed by atoms with Crippen LogP contribution in [0.5, 0.6) is 11.5 Å². The van der Waals surface area contributed by atoms with E-state index in [1.807, 2.05) is 0 Å². The number of fused-ring (bicyclic) bond motifs is 1. The van der Waals surface area contributed by atoms with Crippen molar-refractivity contribution >= 4 is 34.8 Å². The van der Waals surface area contributed by atoms with Crippen molar-refractivity contribution in [1.82, 2.24) is 0 Å². The Morgan fingerprint density at radius 1 is 0.958 bits per heavy atom. The Balaban J connectivity index is 1.90. The quantitative estimate of drug-likeness (QED) is 0.777. The monoisotopic (exact) mass is 373 g/mol. The third kappa shape index (κ3) is 3.39. The SMILES string of the molecule is O=C(Nc1cc2c(cc1Cl)OCCCO2)c1cc(F)c(F)cc1Cl. The highest BCUT2D eigenvalue weighted by atomic mass is 35.5. The second-order valence-electron chi connectivity index (χ2n) is 5.03. The summed E-state index contributed by atoms with van der Waals surface area (Å²) in [5, 5.41) is 2.51. The van der Waals surface area contributed by atoms with Crippen molar-refractivity contribution in [2.24, 2.45) is 0 Å². The minimum absolute atomic E-state index is 0.209. The van der Waals surface area contributed by atoms with Crippen molar-refractivity contribution in [3.05, 3.63) is 51.5 Å². The van der Waals surface area contributed by atoms with Crippen molar-refractivity contribution in [1.29, 1.82) is 0 Å². The van der Waals surface area contributed by atoms with E-state index in [0.29, 0.717) is 24.7 Å². The molecular weight excluding hydrogens is 363 g/mol. The Morgan fingerprint density at radius 2 is 1.58 bits per heavy atom. The van der Waals surface area contributed by atoms with Crippen molar-refractivity contribution in [2.45, 2.75) is 6.42 Å². The number of benzene rings is 2. The maximum absolute atomic E-state index is 13.3. The van der Waals surface area contributed by atoms with Crippen LogP contribution in [-0.4, -0.2) is 19.1 Å². The normalized spacial score (nSPS) is 13.3. The molecule has 1 heterocycles. The van der Waals surface area contributed by atoms with E-state index in [2.05, 4.69) is 5.32 Å². The van der Waals surface area contributed by atoms with Gasteiger partial charge in [-0.15, -0.1) is 0 Å². The third-order valence-corrected chi connectivity index (χ3v) is 3.97. The predicted octanol–water partition coefficient (Wildman–Crippen LogP) is 4.69. The molecule has 2 aromatic carbocycles. The molecule has 0 bridgehead atoms. The highest BCUT2D eigenvalue weighted by molar-refractivity contribution is 6.36. The van der Waals surface area contributed by atoms with Crippen molar-refractivity contribution < 1.29 is 23.0 Å². The van der Waals surface area contributed by atoms with Gasteiger partial charge in [0, 0.05) is 18.6 Å². The first-order valence-electron chi connectivity index (χ1n) is 7.01. The Morgan fingerprint density at radius 3 is 2.29 bits per heavy atom. The van der Waals surface area contributed by atoms with Gasteiger partial charge in [0.25, 0.3) is 5.91 Å². The van der Waals surface area contributed by atoms with E-state index >= 15 is 0 Å². The first-order valence-corrected chi connectivity index (χ1v) is 7.76. The average molecular weight is 374 g/mol. The molecule has 0 atom stereocenters. The molecule has 0 aromatic heterocycles. The molecule has 0 fully saturated rings. The maximum atomic E-state index is 13.3. The molecule has 0 radical (unpaired) electrons. The highest BCUT2D eigenvalue weighted by Gasteiger charge is 2.19.